The second-order valence-corrected chi connectivity index (χ2v) is 4.28. The first-order valence-corrected chi connectivity index (χ1v) is 5.91. The zero-order chi connectivity index (χ0) is 14.8. The summed E-state index contributed by atoms with van der Waals surface area (Å²) in [5.41, 5.74) is -0.163. The highest BCUT2D eigenvalue weighted by atomic mass is 35.5. The van der Waals surface area contributed by atoms with E-state index in [2.05, 4.69) is 11.6 Å². The molecule has 20 heavy (non-hydrogen) atoms. The van der Waals surface area contributed by atoms with Gasteiger partial charge >= 0.3 is 6.18 Å². The first kappa shape index (κ1) is 14.4. The summed E-state index contributed by atoms with van der Waals surface area (Å²) in [6, 6.07) is 6.55. The summed E-state index contributed by atoms with van der Waals surface area (Å²) < 4.78 is 43.4. The third-order valence-electron chi connectivity index (χ3n) is 2.46. The molecule has 2 rings (SSSR count). The van der Waals surface area contributed by atoms with Crippen LogP contribution in [0.5, 0.6) is 11.6 Å². The van der Waals surface area contributed by atoms with Crippen molar-refractivity contribution in [3.63, 3.8) is 0 Å². The van der Waals surface area contributed by atoms with Gasteiger partial charge in [-0.1, -0.05) is 24.3 Å². The molecule has 0 aliphatic heterocycles. The topological polar surface area (TPSA) is 22.1 Å². The number of nitrogens with zero attached hydrogens (tertiary/aromatic N) is 1. The molecule has 0 radical (unpaired) electrons. The minimum Gasteiger partial charge on any atom is -0.439 e. The first-order valence-electron chi connectivity index (χ1n) is 5.53. The van der Waals surface area contributed by atoms with Crippen molar-refractivity contribution in [1.29, 1.82) is 0 Å². The van der Waals surface area contributed by atoms with Gasteiger partial charge in [-0.25, -0.2) is 4.98 Å². The monoisotopic (exact) mass is 299 g/mol. The average molecular weight is 300 g/mol. The molecule has 0 saturated carbocycles. The highest BCUT2D eigenvalue weighted by Crippen LogP contribution is 2.37. The Hall–Kier alpha value is -2.01. The third kappa shape index (κ3) is 3.30. The maximum absolute atomic E-state index is 12.7. The molecule has 0 amide bonds. The number of rotatable bonds is 3. The van der Waals surface area contributed by atoms with Crippen molar-refractivity contribution in [2.75, 3.05) is 0 Å². The quantitative estimate of drug-likeness (QED) is 0.778. The minimum absolute atomic E-state index is 0.0144. The summed E-state index contributed by atoms with van der Waals surface area (Å²) in [4.78, 5) is 3.95. The van der Waals surface area contributed by atoms with Gasteiger partial charge in [-0.05, 0) is 29.8 Å². The Morgan fingerprint density at radius 2 is 1.95 bits per heavy atom. The third-order valence-corrected chi connectivity index (χ3v) is 2.79. The molecule has 0 fully saturated rings. The van der Waals surface area contributed by atoms with E-state index in [1.807, 2.05) is 0 Å². The van der Waals surface area contributed by atoms with Crippen LogP contribution >= 0.6 is 11.6 Å². The van der Waals surface area contributed by atoms with E-state index in [1.54, 1.807) is 18.2 Å². The molecule has 2 aromatic rings. The fraction of sp³-hybridized carbons (Fsp3) is 0.0714. The van der Waals surface area contributed by atoms with Crippen molar-refractivity contribution in [2.45, 2.75) is 6.18 Å². The molecule has 0 aliphatic carbocycles. The van der Waals surface area contributed by atoms with E-state index >= 15 is 0 Å². The van der Waals surface area contributed by atoms with E-state index in [1.165, 1.54) is 12.3 Å². The molecule has 0 saturated heterocycles. The fourth-order valence-corrected chi connectivity index (χ4v) is 1.70. The van der Waals surface area contributed by atoms with Gasteiger partial charge in [0.05, 0.1) is 10.6 Å². The number of hydrogen-bond donors (Lipinski definition) is 0. The summed E-state index contributed by atoms with van der Waals surface area (Å²) in [7, 11) is 0. The molecule has 2 nitrogen and oxygen atoms in total. The number of halogens is 4. The Morgan fingerprint density at radius 3 is 2.50 bits per heavy atom. The maximum Gasteiger partial charge on any atom is 0.417 e. The number of benzene rings is 1. The zero-order valence-electron chi connectivity index (χ0n) is 10.1. The Bertz CT molecular complexity index is 623. The predicted octanol–water partition coefficient (Wildman–Crippen LogP) is 5.19. The molecule has 1 aromatic heterocycles. The van der Waals surface area contributed by atoms with Gasteiger partial charge in [-0.2, -0.15) is 13.2 Å². The molecule has 6 heteroatoms. The first-order chi connectivity index (χ1) is 9.40. The van der Waals surface area contributed by atoms with E-state index in [-0.39, 0.29) is 16.7 Å². The van der Waals surface area contributed by atoms with Crippen molar-refractivity contribution in [3.8, 4) is 11.6 Å². The van der Waals surface area contributed by atoms with Gasteiger partial charge in [0.15, 0.2) is 0 Å². The van der Waals surface area contributed by atoms with Gasteiger partial charge < -0.3 is 4.74 Å². The summed E-state index contributed by atoms with van der Waals surface area (Å²) in [6.07, 6.45) is -1.43. The van der Waals surface area contributed by atoms with Crippen LogP contribution in [0, 0.1) is 0 Å². The molecule has 1 aromatic carbocycles. The van der Waals surface area contributed by atoms with Crippen LogP contribution in [-0.2, 0) is 6.18 Å². The molecule has 1 heterocycles. The van der Waals surface area contributed by atoms with Crippen LogP contribution in [0.25, 0.3) is 6.08 Å². The molecule has 0 bridgehead atoms. The molecular formula is C14H9ClF3NO. The smallest absolute Gasteiger partial charge is 0.417 e. The van der Waals surface area contributed by atoms with Crippen LogP contribution in [-0.4, -0.2) is 4.98 Å². The Balaban J connectivity index is 2.27. The Labute approximate surface area is 118 Å². The van der Waals surface area contributed by atoms with Crippen LogP contribution in [0.15, 0.2) is 43.1 Å². The summed E-state index contributed by atoms with van der Waals surface area (Å²) >= 11 is 5.52. The molecule has 0 aliphatic rings. The number of hydrogen-bond acceptors (Lipinski definition) is 2. The second-order valence-electron chi connectivity index (χ2n) is 3.88. The largest absolute Gasteiger partial charge is 0.439 e. The normalized spacial score (nSPS) is 11.2. The van der Waals surface area contributed by atoms with Gasteiger partial charge in [0.25, 0.3) is 0 Å². The van der Waals surface area contributed by atoms with E-state index in [0.29, 0.717) is 0 Å². The van der Waals surface area contributed by atoms with E-state index in [4.69, 9.17) is 16.3 Å². The summed E-state index contributed by atoms with van der Waals surface area (Å²) in [5.74, 6) is 0.201. The standard InChI is InChI=1S/C14H9ClF3NO/c1-2-9-3-6-13(19-8-9)20-10-4-5-12(15)11(7-10)14(16,17)18/h2-8H,1H2. The fourth-order valence-electron chi connectivity index (χ4n) is 1.48. The minimum atomic E-state index is -4.53. The number of alkyl halides is 3. The van der Waals surface area contributed by atoms with Gasteiger partial charge in [0, 0.05) is 12.3 Å². The van der Waals surface area contributed by atoms with Crippen molar-refractivity contribution in [2.24, 2.45) is 0 Å². The van der Waals surface area contributed by atoms with Crippen molar-refractivity contribution in [3.05, 3.63) is 59.3 Å². The van der Waals surface area contributed by atoms with E-state index in [0.717, 1.165) is 17.7 Å². The van der Waals surface area contributed by atoms with E-state index < -0.39 is 11.7 Å². The number of ether oxygens (including phenoxy) is 1. The van der Waals surface area contributed by atoms with Gasteiger partial charge in [0.1, 0.15) is 5.75 Å². The van der Waals surface area contributed by atoms with Crippen molar-refractivity contribution >= 4 is 17.7 Å². The van der Waals surface area contributed by atoms with Crippen LogP contribution in [0.4, 0.5) is 13.2 Å². The van der Waals surface area contributed by atoms with Crippen molar-refractivity contribution < 1.29 is 17.9 Å². The number of aromatic nitrogens is 1. The summed E-state index contributed by atoms with van der Waals surface area (Å²) in [6.45, 7) is 3.57. The lowest BCUT2D eigenvalue weighted by molar-refractivity contribution is -0.137. The SMILES string of the molecule is C=Cc1ccc(Oc2ccc(Cl)c(C(F)(F)F)c2)nc1. The zero-order valence-corrected chi connectivity index (χ0v) is 10.9. The highest BCUT2D eigenvalue weighted by Gasteiger charge is 2.33. The highest BCUT2D eigenvalue weighted by molar-refractivity contribution is 6.31. The Morgan fingerprint density at radius 1 is 1.20 bits per heavy atom. The summed E-state index contributed by atoms with van der Waals surface area (Å²) in [5, 5.41) is -0.375. The van der Waals surface area contributed by atoms with Crippen LogP contribution in [0.1, 0.15) is 11.1 Å². The van der Waals surface area contributed by atoms with Crippen LogP contribution < -0.4 is 4.74 Å². The average Bonchev–Trinajstić information content (AvgIpc) is 2.40. The van der Waals surface area contributed by atoms with Crippen molar-refractivity contribution in [1.82, 2.24) is 4.98 Å². The maximum atomic E-state index is 12.7. The van der Waals surface area contributed by atoms with Gasteiger partial charge in [-0.3, -0.25) is 0 Å². The second kappa shape index (κ2) is 5.54. The molecule has 0 unspecified atom stereocenters. The molecule has 0 atom stereocenters. The molecule has 0 spiro atoms. The molecule has 104 valence electrons. The molecule has 0 N–H and O–H groups in total. The van der Waals surface area contributed by atoms with Crippen LogP contribution in [0.2, 0.25) is 5.02 Å². The van der Waals surface area contributed by atoms with Crippen LogP contribution in [0.3, 0.4) is 0 Å². The lowest BCUT2D eigenvalue weighted by Gasteiger charge is -2.11. The Kier molecular flexibility index (Phi) is 3.99. The number of pyridine rings is 1. The lowest BCUT2D eigenvalue weighted by Crippen LogP contribution is -2.06. The lowest BCUT2D eigenvalue weighted by atomic mass is 10.2. The molecular weight excluding hydrogens is 291 g/mol. The van der Waals surface area contributed by atoms with E-state index in [9.17, 15) is 13.2 Å². The predicted molar refractivity (Wildman–Crippen MR) is 70.9 cm³/mol. The van der Waals surface area contributed by atoms with Gasteiger partial charge in [-0.15, -0.1) is 0 Å². The van der Waals surface area contributed by atoms with Gasteiger partial charge in [0.2, 0.25) is 5.88 Å².